The molecule has 1 saturated heterocycles. The Morgan fingerprint density at radius 1 is 1.25 bits per heavy atom. The molecular weight excluding hydrogens is 390 g/mol. The van der Waals surface area contributed by atoms with Crippen molar-refractivity contribution in [3.63, 3.8) is 0 Å². The summed E-state index contributed by atoms with van der Waals surface area (Å²) >= 11 is 5.93. The Labute approximate surface area is 164 Å². The first kappa shape index (κ1) is 18.4. The molecule has 0 N–H and O–H groups in total. The van der Waals surface area contributed by atoms with Crippen molar-refractivity contribution < 1.29 is 18.9 Å². The third-order valence-corrected chi connectivity index (χ3v) is 4.50. The van der Waals surface area contributed by atoms with Crippen molar-refractivity contribution in [2.24, 2.45) is 0 Å². The highest BCUT2D eigenvalue weighted by Crippen LogP contribution is 2.38. The van der Waals surface area contributed by atoms with Crippen LogP contribution in [0.15, 0.2) is 29.0 Å². The van der Waals surface area contributed by atoms with E-state index in [-0.39, 0.29) is 35.5 Å². The molecule has 11 heteroatoms. The van der Waals surface area contributed by atoms with Gasteiger partial charge in [-0.15, -0.1) is 0 Å². The van der Waals surface area contributed by atoms with Gasteiger partial charge in [0.05, 0.1) is 22.5 Å². The van der Waals surface area contributed by atoms with Gasteiger partial charge >= 0.3 is 11.6 Å². The van der Waals surface area contributed by atoms with Crippen molar-refractivity contribution in [1.29, 1.82) is 0 Å². The predicted molar refractivity (Wildman–Crippen MR) is 100 cm³/mol. The molecule has 28 heavy (non-hydrogen) atoms. The Kier molecular flexibility index (Phi) is 4.73. The van der Waals surface area contributed by atoms with Crippen LogP contribution in [-0.2, 0) is 4.74 Å². The second kappa shape index (κ2) is 7.21. The summed E-state index contributed by atoms with van der Waals surface area (Å²) in [5.41, 5.74) is 0.0594. The first-order chi connectivity index (χ1) is 13.4. The molecule has 3 heterocycles. The molecular formula is C17H16ClN5O5. The van der Waals surface area contributed by atoms with Crippen LogP contribution < -0.4 is 9.64 Å². The van der Waals surface area contributed by atoms with Crippen LogP contribution in [-0.4, -0.2) is 45.3 Å². The average Bonchev–Trinajstić information content (AvgIpc) is 3.02. The Hall–Kier alpha value is -2.98. The third kappa shape index (κ3) is 3.43. The van der Waals surface area contributed by atoms with Crippen molar-refractivity contribution in [1.82, 2.24) is 15.1 Å². The zero-order valence-corrected chi connectivity index (χ0v) is 15.8. The Bertz CT molecular complexity index is 1030. The minimum Gasteiger partial charge on any atom is -0.411 e. The number of nitro groups is 1. The molecule has 3 aromatic rings. The molecule has 2 unspecified atom stereocenters. The normalized spacial score (nSPS) is 19.8. The maximum atomic E-state index is 11.8. The lowest BCUT2D eigenvalue weighted by Gasteiger charge is -2.35. The summed E-state index contributed by atoms with van der Waals surface area (Å²) in [5, 5.41) is 16.6. The highest BCUT2D eigenvalue weighted by atomic mass is 35.5. The fraction of sp³-hybridized carbons (Fsp3) is 0.353. The van der Waals surface area contributed by atoms with Crippen LogP contribution >= 0.6 is 11.6 Å². The smallest absolute Gasteiger partial charge is 0.373 e. The monoisotopic (exact) mass is 405 g/mol. The first-order valence-corrected chi connectivity index (χ1v) is 8.92. The molecule has 2 aromatic heterocycles. The predicted octanol–water partition coefficient (Wildman–Crippen LogP) is 3.59. The molecule has 0 aliphatic carbocycles. The van der Waals surface area contributed by atoms with E-state index in [9.17, 15) is 10.1 Å². The summed E-state index contributed by atoms with van der Waals surface area (Å²) in [5.74, 6) is 0.0166. The van der Waals surface area contributed by atoms with Crippen LogP contribution in [0.5, 0.6) is 11.8 Å². The van der Waals surface area contributed by atoms with Gasteiger partial charge in [0.1, 0.15) is 6.33 Å². The van der Waals surface area contributed by atoms with Crippen molar-refractivity contribution in [3.8, 4) is 11.8 Å². The van der Waals surface area contributed by atoms with Gasteiger partial charge < -0.3 is 18.9 Å². The SMILES string of the molecule is CC1CN(c2ncnc(Oc3noc4cc(Cl)ccc34)c2[N+](=O)[O-])CC(C)O1. The second-order valence-corrected chi connectivity index (χ2v) is 6.94. The number of morpholine rings is 1. The number of hydrogen-bond acceptors (Lipinski definition) is 9. The summed E-state index contributed by atoms with van der Waals surface area (Å²) in [4.78, 5) is 21.1. The summed E-state index contributed by atoms with van der Waals surface area (Å²) in [6.07, 6.45) is 1.04. The molecule has 1 aliphatic heterocycles. The van der Waals surface area contributed by atoms with Crippen molar-refractivity contribution in [3.05, 3.63) is 39.7 Å². The molecule has 0 saturated carbocycles. The van der Waals surface area contributed by atoms with Gasteiger partial charge in [0.15, 0.2) is 5.58 Å². The number of hydrogen-bond donors (Lipinski definition) is 0. The molecule has 0 spiro atoms. The first-order valence-electron chi connectivity index (χ1n) is 8.55. The number of aromatic nitrogens is 3. The van der Waals surface area contributed by atoms with E-state index in [2.05, 4.69) is 15.1 Å². The lowest BCUT2D eigenvalue weighted by atomic mass is 10.2. The Balaban J connectivity index is 1.74. The maximum Gasteiger partial charge on any atom is 0.373 e. The van der Waals surface area contributed by atoms with Gasteiger partial charge in [-0.05, 0) is 31.1 Å². The summed E-state index contributed by atoms with van der Waals surface area (Å²) in [6.45, 7) is 4.74. The van der Waals surface area contributed by atoms with E-state index < -0.39 is 4.92 Å². The van der Waals surface area contributed by atoms with E-state index in [0.717, 1.165) is 0 Å². The van der Waals surface area contributed by atoms with Crippen LogP contribution in [0.1, 0.15) is 13.8 Å². The van der Waals surface area contributed by atoms with Crippen LogP contribution in [0.4, 0.5) is 11.5 Å². The maximum absolute atomic E-state index is 11.8. The summed E-state index contributed by atoms with van der Waals surface area (Å²) in [7, 11) is 0. The quantitative estimate of drug-likeness (QED) is 0.474. The number of ether oxygens (including phenoxy) is 2. The number of anilines is 1. The molecule has 0 amide bonds. The van der Waals surface area contributed by atoms with Gasteiger partial charge in [0.2, 0.25) is 5.82 Å². The zero-order chi connectivity index (χ0) is 19.8. The molecule has 0 radical (unpaired) electrons. The van der Waals surface area contributed by atoms with Gasteiger partial charge in [-0.3, -0.25) is 10.1 Å². The van der Waals surface area contributed by atoms with Crippen molar-refractivity contribution in [2.75, 3.05) is 18.0 Å². The molecule has 4 rings (SSSR count). The third-order valence-electron chi connectivity index (χ3n) is 4.27. The van der Waals surface area contributed by atoms with Crippen LogP contribution in [0.3, 0.4) is 0 Å². The van der Waals surface area contributed by atoms with E-state index >= 15 is 0 Å². The van der Waals surface area contributed by atoms with Crippen molar-refractivity contribution >= 4 is 34.1 Å². The highest BCUT2D eigenvalue weighted by molar-refractivity contribution is 6.31. The van der Waals surface area contributed by atoms with E-state index in [1.165, 1.54) is 6.33 Å². The van der Waals surface area contributed by atoms with Gasteiger partial charge in [-0.1, -0.05) is 11.6 Å². The van der Waals surface area contributed by atoms with Crippen LogP contribution in [0.2, 0.25) is 5.02 Å². The highest BCUT2D eigenvalue weighted by Gasteiger charge is 2.33. The van der Waals surface area contributed by atoms with E-state index in [1.807, 2.05) is 13.8 Å². The molecule has 2 atom stereocenters. The van der Waals surface area contributed by atoms with Crippen LogP contribution in [0.25, 0.3) is 11.0 Å². The lowest BCUT2D eigenvalue weighted by Crippen LogP contribution is -2.46. The van der Waals surface area contributed by atoms with Gasteiger partial charge in [-0.2, -0.15) is 4.98 Å². The number of halogens is 1. The number of nitrogens with zero attached hydrogens (tertiary/aromatic N) is 5. The van der Waals surface area contributed by atoms with E-state index in [0.29, 0.717) is 29.1 Å². The molecule has 1 aromatic carbocycles. The zero-order valence-electron chi connectivity index (χ0n) is 15.0. The minimum atomic E-state index is -0.561. The summed E-state index contributed by atoms with van der Waals surface area (Å²) < 4.78 is 16.5. The second-order valence-electron chi connectivity index (χ2n) is 6.50. The Morgan fingerprint density at radius 2 is 2.00 bits per heavy atom. The largest absolute Gasteiger partial charge is 0.411 e. The minimum absolute atomic E-state index is 0.0585. The lowest BCUT2D eigenvalue weighted by molar-refractivity contribution is -0.385. The number of benzene rings is 1. The molecule has 0 bridgehead atoms. The molecule has 1 fully saturated rings. The van der Waals surface area contributed by atoms with Gasteiger partial charge in [0.25, 0.3) is 5.88 Å². The Morgan fingerprint density at radius 3 is 2.71 bits per heavy atom. The number of fused-ring (bicyclic) bond motifs is 1. The van der Waals surface area contributed by atoms with Gasteiger partial charge in [0, 0.05) is 24.2 Å². The fourth-order valence-corrected chi connectivity index (χ4v) is 3.39. The van der Waals surface area contributed by atoms with E-state index in [1.54, 1.807) is 23.1 Å². The molecule has 1 aliphatic rings. The van der Waals surface area contributed by atoms with E-state index in [4.69, 9.17) is 25.6 Å². The standard InChI is InChI=1S/C17H16ClN5O5/c1-9-6-22(7-10(2)26-9)15-14(23(24)25)17(20-8-19-15)27-16-12-4-3-11(18)5-13(12)28-21-16/h3-5,8-10H,6-7H2,1-2H3. The number of rotatable bonds is 4. The molecule has 146 valence electrons. The summed E-state index contributed by atoms with van der Waals surface area (Å²) in [6, 6.07) is 4.88. The van der Waals surface area contributed by atoms with Gasteiger partial charge in [-0.25, -0.2) is 4.98 Å². The fourth-order valence-electron chi connectivity index (χ4n) is 3.22. The topological polar surface area (TPSA) is 117 Å². The average molecular weight is 406 g/mol. The van der Waals surface area contributed by atoms with Crippen LogP contribution in [0, 0.1) is 10.1 Å². The molecule has 10 nitrogen and oxygen atoms in total. The van der Waals surface area contributed by atoms with Crippen molar-refractivity contribution in [2.45, 2.75) is 26.1 Å².